The number of rotatable bonds is 7. The van der Waals surface area contributed by atoms with Crippen LogP contribution < -0.4 is 15.8 Å². The Hall–Kier alpha value is -6.04. The van der Waals surface area contributed by atoms with Crippen LogP contribution in [0, 0.1) is 13.8 Å². The van der Waals surface area contributed by atoms with Gasteiger partial charge in [-0.15, -0.1) is 5.10 Å². The highest BCUT2D eigenvalue weighted by molar-refractivity contribution is 6.33. The lowest BCUT2D eigenvalue weighted by Crippen LogP contribution is -2.51. The minimum Gasteiger partial charge on any atom is -0.504 e. The molecule has 1 fully saturated rings. The molecule has 0 saturated carbocycles. The van der Waals surface area contributed by atoms with Crippen LogP contribution in [0.2, 0.25) is 5.02 Å². The van der Waals surface area contributed by atoms with Gasteiger partial charge in [-0.25, -0.2) is 9.97 Å². The Morgan fingerprint density at radius 3 is 2.46 bits per heavy atom. The number of aryl methyl sites for hydroxylation is 3. The Morgan fingerprint density at radius 2 is 1.78 bits per heavy atom. The highest BCUT2D eigenvalue weighted by Gasteiger charge is 2.32. The smallest absolute Gasteiger partial charge is 0.416 e. The highest BCUT2D eigenvalue weighted by atomic mass is 35.5. The van der Waals surface area contributed by atoms with Crippen LogP contribution >= 0.6 is 11.6 Å². The lowest BCUT2D eigenvalue weighted by Gasteiger charge is -2.36. The second kappa shape index (κ2) is 13.7. The first kappa shape index (κ1) is 36.3. The van der Waals surface area contributed by atoms with E-state index in [0.717, 1.165) is 39.2 Å². The molecule has 6 aromatic rings. The third-order valence-electron chi connectivity index (χ3n) is 9.30. The van der Waals surface area contributed by atoms with Gasteiger partial charge in [0.1, 0.15) is 18.6 Å². The zero-order valence-electron chi connectivity index (χ0n) is 29.4. The molecule has 1 saturated heterocycles. The fraction of sp³-hybridized carbons (Fsp3) is 0.314. The molecule has 0 atom stereocenters. The number of alkyl halides is 3. The number of halogens is 4. The van der Waals surface area contributed by atoms with Crippen LogP contribution in [0.4, 0.5) is 24.5 Å². The average molecular weight is 764 g/mol. The zero-order valence-corrected chi connectivity index (χ0v) is 30.2. The summed E-state index contributed by atoms with van der Waals surface area (Å²) in [6, 6.07) is 6.33. The second-order valence-corrected chi connectivity index (χ2v) is 13.3. The molecule has 0 spiro atoms. The van der Waals surface area contributed by atoms with E-state index in [9.17, 15) is 32.7 Å². The summed E-state index contributed by atoms with van der Waals surface area (Å²) < 4.78 is 44.2. The number of aromatic nitrogens is 8. The molecule has 0 bridgehead atoms. The maximum absolute atomic E-state index is 14.4. The van der Waals surface area contributed by atoms with Crippen LogP contribution in [0.5, 0.6) is 5.75 Å². The van der Waals surface area contributed by atoms with Crippen molar-refractivity contribution < 1.29 is 27.9 Å². The molecule has 1 aliphatic rings. The monoisotopic (exact) mass is 763 g/mol. The van der Waals surface area contributed by atoms with Crippen molar-refractivity contribution in [1.82, 2.24) is 43.8 Å². The van der Waals surface area contributed by atoms with E-state index < -0.39 is 35.7 Å². The summed E-state index contributed by atoms with van der Waals surface area (Å²) in [6.45, 7) is 5.67. The molecule has 280 valence electrons. The van der Waals surface area contributed by atoms with Gasteiger partial charge in [0.2, 0.25) is 11.7 Å². The van der Waals surface area contributed by atoms with E-state index in [2.05, 4.69) is 25.5 Å². The number of hydrogen-bond acceptors (Lipinski definition) is 10. The predicted octanol–water partition coefficient (Wildman–Crippen LogP) is 4.39. The predicted molar refractivity (Wildman–Crippen MR) is 193 cm³/mol. The molecule has 0 aliphatic carbocycles. The maximum atomic E-state index is 14.4. The van der Waals surface area contributed by atoms with Crippen molar-refractivity contribution in [3.8, 4) is 17.1 Å². The standard InChI is InChI=1S/C35H33ClF3N11O4/c1-5-25-29(47-8-10-48(11-9-47)32(53)28-30(52)19(3)40-17-41-28)33(54)50-34(43-31(45-50)20-12-18(2)27-21(13-20)15-46(4)44-27)49(25)16-26(51)42-24-7-6-22(14-23(24)36)35(37,38)39/h6-7,12-15,17,52H,5,8-11,16H2,1-4H3,(H,42,51). The molecule has 54 heavy (non-hydrogen) atoms. The van der Waals surface area contributed by atoms with E-state index in [1.165, 1.54) is 11.2 Å². The minimum absolute atomic E-state index is 0.0295. The van der Waals surface area contributed by atoms with E-state index in [1.54, 1.807) is 16.2 Å². The molecule has 2 amide bonds. The molecule has 2 aromatic carbocycles. The minimum atomic E-state index is -4.62. The number of nitrogens with one attached hydrogen (secondary N) is 1. The number of carbonyl (C=O) groups is 2. The summed E-state index contributed by atoms with van der Waals surface area (Å²) in [6.07, 6.45) is -1.30. The van der Waals surface area contributed by atoms with E-state index in [-0.39, 0.29) is 77.7 Å². The van der Waals surface area contributed by atoms with Gasteiger partial charge in [0.05, 0.1) is 33.2 Å². The van der Waals surface area contributed by atoms with Crippen molar-refractivity contribution >= 4 is 51.5 Å². The van der Waals surface area contributed by atoms with Crippen molar-refractivity contribution in [3.63, 3.8) is 0 Å². The quantitative estimate of drug-likeness (QED) is 0.238. The fourth-order valence-electron chi connectivity index (χ4n) is 6.64. The van der Waals surface area contributed by atoms with Gasteiger partial charge in [-0.1, -0.05) is 18.5 Å². The molecule has 15 nitrogen and oxygen atoms in total. The van der Waals surface area contributed by atoms with Crippen LogP contribution in [-0.4, -0.2) is 86.9 Å². The number of fused-ring (bicyclic) bond motifs is 2. The molecule has 1 aliphatic heterocycles. The summed E-state index contributed by atoms with van der Waals surface area (Å²) in [5.41, 5.74) is 1.61. The Kier molecular flexibility index (Phi) is 9.24. The molecule has 5 heterocycles. The highest BCUT2D eigenvalue weighted by Crippen LogP contribution is 2.34. The van der Waals surface area contributed by atoms with Gasteiger partial charge in [-0.05, 0) is 56.2 Å². The number of aromatic hydroxyl groups is 1. The van der Waals surface area contributed by atoms with E-state index in [0.29, 0.717) is 11.3 Å². The summed E-state index contributed by atoms with van der Waals surface area (Å²) >= 11 is 6.15. The number of piperazine rings is 1. The van der Waals surface area contributed by atoms with E-state index in [1.807, 2.05) is 44.1 Å². The Labute approximate surface area is 309 Å². The molecule has 7 rings (SSSR count). The van der Waals surface area contributed by atoms with Crippen molar-refractivity contribution in [1.29, 1.82) is 0 Å². The SMILES string of the molecule is CCc1c(N2CCN(C(=O)c3ncnc(C)c3O)CC2)c(=O)n2nc(-c3cc(C)c4nn(C)cc4c3)nc2n1CC(=O)Nc1ccc(C(F)(F)F)cc1Cl. The number of carbonyl (C=O) groups excluding carboxylic acids is 2. The van der Waals surface area contributed by atoms with Gasteiger partial charge in [-0.3, -0.25) is 19.1 Å². The summed E-state index contributed by atoms with van der Waals surface area (Å²) in [7, 11) is 1.81. The Bertz CT molecular complexity index is 2540. The van der Waals surface area contributed by atoms with E-state index >= 15 is 0 Å². The fourth-order valence-corrected chi connectivity index (χ4v) is 6.87. The second-order valence-electron chi connectivity index (χ2n) is 12.9. The van der Waals surface area contributed by atoms with Crippen molar-refractivity contribution in [2.24, 2.45) is 7.05 Å². The van der Waals surface area contributed by atoms with E-state index in [4.69, 9.17) is 16.6 Å². The molecule has 0 unspecified atom stereocenters. The van der Waals surface area contributed by atoms with Gasteiger partial charge in [-0.2, -0.15) is 27.8 Å². The van der Waals surface area contributed by atoms with Gasteiger partial charge >= 0.3 is 6.18 Å². The normalized spacial score (nSPS) is 13.6. The van der Waals surface area contributed by atoms with Gasteiger partial charge in [0.25, 0.3) is 11.5 Å². The molecule has 0 radical (unpaired) electrons. The lowest BCUT2D eigenvalue weighted by molar-refractivity contribution is -0.137. The third kappa shape index (κ3) is 6.56. The van der Waals surface area contributed by atoms with Crippen LogP contribution in [-0.2, 0) is 31.0 Å². The average Bonchev–Trinajstić information content (AvgIpc) is 3.75. The number of nitrogens with zero attached hydrogens (tertiary/aromatic N) is 10. The first-order chi connectivity index (χ1) is 25.6. The van der Waals surface area contributed by atoms with Crippen LogP contribution in [0.15, 0.2) is 47.7 Å². The van der Waals surface area contributed by atoms with Crippen LogP contribution in [0.1, 0.15) is 39.9 Å². The molecule has 2 N–H and O–H groups in total. The number of anilines is 2. The van der Waals surface area contributed by atoms with Gasteiger partial charge < -0.3 is 24.8 Å². The summed E-state index contributed by atoms with van der Waals surface area (Å²) in [5, 5.41) is 22.6. The Balaban J connectivity index is 1.28. The largest absolute Gasteiger partial charge is 0.504 e. The van der Waals surface area contributed by atoms with Crippen molar-refractivity contribution in [3.05, 3.63) is 86.4 Å². The lowest BCUT2D eigenvalue weighted by atomic mass is 10.1. The third-order valence-corrected chi connectivity index (χ3v) is 9.61. The summed E-state index contributed by atoms with van der Waals surface area (Å²) in [4.78, 5) is 57.3. The molecule has 4 aromatic heterocycles. The number of benzene rings is 2. The molecular weight excluding hydrogens is 731 g/mol. The van der Waals surface area contributed by atoms with Crippen molar-refractivity contribution in [2.75, 3.05) is 36.4 Å². The van der Waals surface area contributed by atoms with Gasteiger partial charge in [0, 0.05) is 50.4 Å². The molecular formula is C35H33ClF3N11O4. The topological polar surface area (TPSA) is 169 Å². The molecule has 19 heteroatoms. The van der Waals surface area contributed by atoms with Crippen molar-refractivity contribution in [2.45, 2.75) is 39.9 Å². The summed E-state index contributed by atoms with van der Waals surface area (Å²) in [5.74, 6) is -1.15. The Morgan fingerprint density at radius 1 is 1.04 bits per heavy atom. The number of amides is 2. The maximum Gasteiger partial charge on any atom is 0.416 e. The zero-order chi connectivity index (χ0) is 38.6. The van der Waals surface area contributed by atoms with Crippen LogP contribution in [0.3, 0.4) is 0 Å². The first-order valence-electron chi connectivity index (χ1n) is 16.8. The number of hydrogen-bond donors (Lipinski definition) is 2. The van der Waals surface area contributed by atoms with Gasteiger partial charge in [0.15, 0.2) is 17.3 Å². The first-order valence-corrected chi connectivity index (χ1v) is 17.2. The van der Waals surface area contributed by atoms with Crippen LogP contribution in [0.25, 0.3) is 28.1 Å².